The molecule has 0 saturated carbocycles. The van der Waals surface area contributed by atoms with Crippen molar-refractivity contribution in [2.24, 2.45) is 0 Å². The fourth-order valence-corrected chi connectivity index (χ4v) is 3.13. The Labute approximate surface area is 79.3 Å². The van der Waals surface area contributed by atoms with Gasteiger partial charge in [-0.15, -0.1) is 17.5 Å². The van der Waals surface area contributed by atoms with E-state index in [1.54, 1.807) is 0 Å². The summed E-state index contributed by atoms with van der Waals surface area (Å²) in [5.74, 6) is 5.13. The van der Waals surface area contributed by atoms with Crippen LogP contribution in [0, 0.1) is 24.7 Å². The Hall–Kier alpha value is -0.180. The number of thiol groups is 1. The largest absolute Gasteiger partial charge is 0.272 e. The van der Waals surface area contributed by atoms with Crippen molar-refractivity contribution in [1.82, 2.24) is 4.67 Å². The standard InChI is InChI=1S/C8H11NOPS/c1-5-7-8(6-2)10-11(4,12)9(7)3/h1-2,7-8,12H,3-4H3/q+1. The predicted octanol–water partition coefficient (Wildman–Crippen LogP) is 1.27. The zero-order valence-corrected chi connectivity index (χ0v) is 8.85. The summed E-state index contributed by atoms with van der Waals surface area (Å²) in [6, 6.07) is -0.133. The first kappa shape index (κ1) is 9.90. The third-order valence-electron chi connectivity index (χ3n) is 1.92. The Morgan fingerprint density at radius 2 is 2.08 bits per heavy atom. The van der Waals surface area contributed by atoms with Crippen LogP contribution in [0.2, 0.25) is 0 Å². The lowest BCUT2D eigenvalue weighted by atomic mass is 10.2. The zero-order valence-electron chi connectivity index (χ0n) is 7.06. The van der Waals surface area contributed by atoms with Crippen LogP contribution in [0.4, 0.5) is 0 Å². The fraction of sp³-hybridized carbons (Fsp3) is 0.500. The first-order valence-electron chi connectivity index (χ1n) is 3.46. The topological polar surface area (TPSA) is 12.5 Å². The van der Waals surface area contributed by atoms with Crippen LogP contribution >= 0.6 is 19.1 Å². The lowest BCUT2D eigenvalue weighted by Gasteiger charge is -2.15. The maximum Gasteiger partial charge on any atom is 0.272 e. The second-order valence-corrected chi connectivity index (χ2v) is 7.45. The smallest absolute Gasteiger partial charge is 0.189 e. The van der Waals surface area contributed by atoms with Crippen LogP contribution in [-0.2, 0) is 4.52 Å². The van der Waals surface area contributed by atoms with E-state index in [1.165, 1.54) is 0 Å². The van der Waals surface area contributed by atoms with Crippen LogP contribution in [0.15, 0.2) is 0 Å². The molecule has 3 unspecified atom stereocenters. The Bertz CT molecular complexity index is 265. The molecule has 1 aliphatic rings. The maximum atomic E-state index is 5.54. The van der Waals surface area contributed by atoms with Gasteiger partial charge in [0.2, 0.25) is 0 Å². The molecule has 1 fully saturated rings. The number of terminal acetylenes is 2. The van der Waals surface area contributed by atoms with Gasteiger partial charge in [-0.3, -0.25) is 0 Å². The molecular weight excluding hydrogens is 189 g/mol. The SMILES string of the molecule is C#CC1O[P+](C)(S)N(C)C1C#C. The third-order valence-corrected chi connectivity index (χ3v) is 5.10. The molecular formula is C8H11NOPS+. The molecule has 0 aromatic rings. The summed E-state index contributed by atoms with van der Waals surface area (Å²) < 4.78 is 7.48. The van der Waals surface area contributed by atoms with Crippen LogP contribution in [0.5, 0.6) is 0 Å². The van der Waals surface area contributed by atoms with Crippen LogP contribution < -0.4 is 0 Å². The Kier molecular flexibility index (Phi) is 2.71. The van der Waals surface area contributed by atoms with Gasteiger partial charge in [0.25, 0.3) is 6.84 Å². The van der Waals surface area contributed by atoms with E-state index in [2.05, 4.69) is 24.1 Å². The normalized spacial score (nSPS) is 42.1. The number of likely N-dealkylation sites (N-methyl/N-ethyl adjacent to an activating group) is 1. The third kappa shape index (κ3) is 1.47. The molecule has 0 amide bonds. The molecule has 0 N–H and O–H groups in total. The van der Waals surface area contributed by atoms with Crippen molar-refractivity contribution >= 4 is 19.1 Å². The average molecular weight is 200 g/mol. The predicted molar refractivity (Wildman–Crippen MR) is 55.9 cm³/mol. The molecule has 12 heavy (non-hydrogen) atoms. The minimum absolute atomic E-state index is 0.133. The molecule has 3 atom stereocenters. The van der Waals surface area contributed by atoms with Gasteiger partial charge in [0.05, 0.1) is 12.2 Å². The zero-order chi connectivity index (χ0) is 9.35. The number of nitrogens with zero attached hydrogens (tertiary/aromatic N) is 1. The quantitative estimate of drug-likeness (QED) is 0.359. The van der Waals surface area contributed by atoms with Gasteiger partial charge in [0.1, 0.15) is 12.7 Å². The highest BCUT2D eigenvalue weighted by Crippen LogP contribution is 2.69. The minimum Gasteiger partial charge on any atom is -0.189 e. The van der Waals surface area contributed by atoms with Crippen molar-refractivity contribution in [2.75, 3.05) is 13.7 Å². The summed E-state index contributed by atoms with van der Waals surface area (Å²) in [5.41, 5.74) is 0. The van der Waals surface area contributed by atoms with E-state index in [-0.39, 0.29) is 12.1 Å². The van der Waals surface area contributed by atoms with Crippen LogP contribution in [-0.4, -0.2) is 30.5 Å². The summed E-state index contributed by atoms with van der Waals surface area (Å²) in [6.07, 6.45) is 10.3. The van der Waals surface area contributed by atoms with E-state index < -0.39 is 6.84 Å². The Morgan fingerprint density at radius 3 is 2.42 bits per heavy atom. The molecule has 0 aliphatic carbocycles. The van der Waals surface area contributed by atoms with Gasteiger partial charge in [-0.1, -0.05) is 11.8 Å². The van der Waals surface area contributed by atoms with Crippen molar-refractivity contribution in [2.45, 2.75) is 12.1 Å². The molecule has 1 aliphatic heterocycles. The fourth-order valence-electron chi connectivity index (χ4n) is 1.09. The highest BCUT2D eigenvalue weighted by atomic mass is 32.7. The van der Waals surface area contributed by atoms with Crippen molar-refractivity contribution < 1.29 is 4.52 Å². The van der Waals surface area contributed by atoms with Crippen molar-refractivity contribution in [3.05, 3.63) is 0 Å². The molecule has 0 radical (unpaired) electrons. The lowest BCUT2D eigenvalue weighted by molar-refractivity contribution is 0.295. The average Bonchev–Trinajstić information content (AvgIpc) is 2.24. The molecule has 0 aromatic carbocycles. The first-order valence-corrected chi connectivity index (χ1v) is 6.72. The molecule has 0 bridgehead atoms. The molecule has 4 heteroatoms. The van der Waals surface area contributed by atoms with E-state index in [4.69, 9.17) is 17.4 Å². The molecule has 64 valence electrons. The number of hydrogen-bond donors (Lipinski definition) is 1. The highest BCUT2D eigenvalue weighted by Gasteiger charge is 2.53. The van der Waals surface area contributed by atoms with E-state index in [1.807, 2.05) is 18.4 Å². The lowest BCUT2D eigenvalue weighted by Crippen LogP contribution is -2.28. The first-order chi connectivity index (χ1) is 5.53. The summed E-state index contributed by atoms with van der Waals surface area (Å²) in [4.78, 5) is 0. The molecule has 2 nitrogen and oxygen atoms in total. The molecule has 1 rings (SSSR count). The number of hydrogen-bond acceptors (Lipinski definition) is 3. The Balaban J connectivity index is 2.90. The van der Waals surface area contributed by atoms with E-state index in [0.29, 0.717) is 0 Å². The van der Waals surface area contributed by atoms with Gasteiger partial charge >= 0.3 is 0 Å². The van der Waals surface area contributed by atoms with E-state index in [9.17, 15) is 0 Å². The van der Waals surface area contributed by atoms with Gasteiger partial charge in [-0.25, -0.2) is 0 Å². The van der Waals surface area contributed by atoms with Crippen molar-refractivity contribution in [3.63, 3.8) is 0 Å². The second kappa shape index (κ2) is 3.29. The summed E-state index contributed by atoms with van der Waals surface area (Å²) in [6.45, 7) is 0.142. The monoisotopic (exact) mass is 200 g/mol. The molecule has 1 heterocycles. The van der Waals surface area contributed by atoms with Gasteiger partial charge in [0, 0.05) is 7.05 Å². The molecule has 0 spiro atoms. The van der Waals surface area contributed by atoms with Gasteiger partial charge in [-0.2, -0.15) is 4.52 Å². The maximum absolute atomic E-state index is 5.54. The summed E-state index contributed by atoms with van der Waals surface area (Å²) in [7, 11) is 1.89. The van der Waals surface area contributed by atoms with Gasteiger partial charge < -0.3 is 0 Å². The van der Waals surface area contributed by atoms with Crippen LogP contribution in [0.3, 0.4) is 0 Å². The van der Waals surface area contributed by atoms with E-state index in [0.717, 1.165) is 0 Å². The molecule has 0 aromatic heterocycles. The van der Waals surface area contributed by atoms with Crippen molar-refractivity contribution in [1.29, 1.82) is 0 Å². The molecule has 1 saturated heterocycles. The van der Waals surface area contributed by atoms with Gasteiger partial charge in [0.15, 0.2) is 6.10 Å². The minimum atomic E-state index is -1.79. The number of rotatable bonds is 0. The summed E-state index contributed by atoms with van der Waals surface area (Å²) in [5, 5.41) is 0. The van der Waals surface area contributed by atoms with Crippen LogP contribution in [0.25, 0.3) is 0 Å². The second-order valence-electron chi connectivity index (χ2n) is 2.71. The van der Waals surface area contributed by atoms with E-state index >= 15 is 0 Å². The van der Waals surface area contributed by atoms with Crippen LogP contribution in [0.1, 0.15) is 0 Å². The van der Waals surface area contributed by atoms with Crippen molar-refractivity contribution in [3.8, 4) is 24.7 Å². The summed E-state index contributed by atoms with van der Waals surface area (Å²) >= 11 is 4.39. The van der Waals surface area contributed by atoms with Gasteiger partial charge in [-0.05, 0) is 0 Å². The Morgan fingerprint density at radius 1 is 1.50 bits per heavy atom. The highest BCUT2D eigenvalue weighted by molar-refractivity contribution is 8.50.